The molecule has 1 aliphatic carbocycles. The van der Waals surface area contributed by atoms with E-state index in [-0.39, 0.29) is 0 Å². The summed E-state index contributed by atoms with van der Waals surface area (Å²) in [6.45, 7) is 2.04. The van der Waals surface area contributed by atoms with Gasteiger partial charge in [0, 0.05) is 10.6 Å². The van der Waals surface area contributed by atoms with Crippen LogP contribution in [0.15, 0.2) is 16.4 Å². The van der Waals surface area contributed by atoms with Crippen LogP contribution in [0.1, 0.15) is 32.6 Å². The van der Waals surface area contributed by atoms with E-state index in [4.69, 9.17) is 5.53 Å². The predicted molar refractivity (Wildman–Crippen MR) is 40.3 cm³/mol. The molecule has 0 spiro atoms. The topological polar surface area (TPSA) is 48.8 Å². The van der Waals surface area contributed by atoms with Crippen LogP contribution in [0, 0.1) is 0 Å². The van der Waals surface area contributed by atoms with Crippen LogP contribution in [0.5, 0.6) is 0 Å². The highest BCUT2D eigenvalue weighted by Crippen LogP contribution is 2.24. The van der Waals surface area contributed by atoms with E-state index in [9.17, 15) is 0 Å². The lowest BCUT2D eigenvalue weighted by molar-refractivity contribution is 0.666. The van der Waals surface area contributed by atoms with Gasteiger partial charge in [-0.05, 0) is 38.1 Å². The SMILES string of the molecule is CC1=C(N=[N+]=[N-])CCCC1. The first-order valence-electron chi connectivity index (χ1n) is 3.58. The first-order valence-corrected chi connectivity index (χ1v) is 3.58. The minimum Gasteiger partial charge on any atom is -0.0678 e. The molecular formula is C7H11N3. The summed E-state index contributed by atoms with van der Waals surface area (Å²) in [6.07, 6.45) is 4.49. The molecule has 0 atom stereocenters. The van der Waals surface area contributed by atoms with Crippen molar-refractivity contribution in [3.8, 4) is 0 Å². The van der Waals surface area contributed by atoms with Gasteiger partial charge in [0.1, 0.15) is 0 Å². The van der Waals surface area contributed by atoms with E-state index in [1.165, 1.54) is 18.4 Å². The molecule has 0 aromatic carbocycles. The maximum absolute atomic E-state index is 8.16. The smallest absolute Gasteiger partial charge is 0.0140 e. The molecule has 0 radical (unpaired) electrons. The van der Waals surface area contributed by atoms with Gasteiger partial charge in [-0.1, -0.05) is 10.7 Å². The fourth-order valence-corrected chi connectivity index (χ4v) is 1.23. The maximum atomic E-state index is 8.16. The third kappa shape index (κ3) is 1.52. The summed E-state index contributed by atoms with van der Waals surface area (Å²) in [5.74, 6) is 0. The van der Waals surface area contributed by atoms with Crippen LogP contribution in [-0.2, 0) is 0 Å². The number of hydrogen-bond acceptors (Lipinski definition) is 1. The number of nitrogens with zero attached hydrogens (tertiary/aromatic N) is 3. The van der Waals surface area contributed by atoms with Crippen LogP contribution < -0.4 is 0 Å². The fraction of sp³-hybridized carbons (Fsp3) is 0.714. The molecule has 0 amide bonds. The molecule has 3 heteroatoms. The summed E-state index contributed by atoms with van der Waals surface area (Å²) in [6, 6.07) is 0. The molecule has 0 saturated carbocycles. The molecule has 0 unspecified atom stereocenters. The summed E-state index contributed by atoms with van der Waals surface area (Å²) in [5, 5.41) is 3.62. The van der Waals surface area contributed by atoms with Gasteiger partial charge in [0.05, 0.1) is 0 Å². The zero-order valence-electron chi connectivity index (χ0n) is 6.17. The van der Waals surface area contributed by atoms with E-state index in [0.29, 0.717) is 0 Å². The maximum Gasteiger partial charge on any atom is 0.0140 e. The number of azide groups is 1. The Morgan fingerprint density at radius 1 is 1.40 bits per heavy atom. The van der Waals surface area contributed by atoms with Gasteiger partial charge in [-0.3, -0.25) is 0 Å². The van der Waals surface area contributed by atoms with Crippen LogP contribution in [-0.4, -0.2) is 0 Å². The van der Waals surface area contributed by atoms with Crippen LogP contribution in [0.4, 0.5) is 0 Å². The standard InChI is InChI=1S/C7H11N3/c1-6-4-2-3-5-7(6)9-10-8/h2-5H2,1H3. The lowest BCUT2D eigenvalue weighted by atomic mass is 9.98. The van der Waals surface area contributed by atoms with Crippen LogP contribution in [0.25, 0.3) is 10.4 Å². The van der Waals surface area contributed by atoms with Crippen molar-refractivity contribution >= 4 is 0 Å². The Balaban J connectivity index is 2.77. The van der Waals surface area contributed by atoms with Crippen molar-refractivity contribution < 1.29 is 0 Å². The molecule has 0 saturated heterocycles. The molecule has 1 aliphatic rings. The minimum atomic E-state index is 0.966. The third-order valence-corrected chi connectivity index (χ3v) is 1.87. The van der Waals surface area contributed by atoms with Gasteiger partial charge < -0.3 is 0 Å². The Morgan fingerprint density at radius 3 is 2.70 bits per heavy atom. The van der Waals surface area contributed by atoms with E-state index < -0.39 is 0 Å². The van der Waals surface area contributed by atoms with Crippen molar-refractivity contribution in [2.45, 2.75) is 32.6 Å². The number of hydrogen-bond donors (Lipinski definition) is 0. The van der Waals surface area contributed by atoms with Crippen LogP contribution in [0.3, 0.4) is 0 Å². The van der Waals surface area contributed by atoms with Gasteiger partial charge in [0.15, 0.2) is 0 Å². The largest absolute Gasteiger partial charge is 0.0678 e. The Labute approximate surface area is 60.4 Å². The second kappa shape index (κ2) is 3.28. The normalized spacial score (nSPS) is 18.5. The minimum absolute atomic E-state index is 0.966. The molecule has 0 aromatic rings. The van der Waals surface area contributed by atoms with Crippen LogP contribution in [0.2, 0.25) is 0 Å². The first kappa shape index (κ1) is 7.16. The molecule has 10 heavy (non-hydrogen) atoms. The summed E-state index contributed by atoms with van der Waals surface area (Å²) in [7, 11) is 0. The van der Waals surface area contributed by atoms with Gasteiger partial charge >= 0.3 is 0 Å². The zero-order valence-corrected chi connectivity index (χ0v) is 6.17. The summed E-state index contributed by atoms with van der Waals surface area (Å²) in [4.78, 5) is 2.78. The van der Waals surface area contributed by atoms with Gasteiger partial charge in [0.2, 0.25) is 0 Å². The lowest BCUT2D eigenvalue weighted by Gasteiger charge is -2.12. The molecule has 0 fully saturated rings. The zero-order chi connectivity index (χ0) is 7.40. The average molecular weight is 137 g/mol. The second-order valence-electron chi connectivity index (χ2n) is 2.62. The molecule has 0 aliphatic heterocycles. The molecular weight excluding hydrogens is 126 g/mol. The van der Waals surface area contributed by atoms with Gasteiger partial charge in [-0.25, -0.2) is 0 Å². The van der Waals surface area contributed by atoms with Crippen molar-refractivity contribution in [2.75, 3.05) is 0 Å². The highest BCUT2D eigenvalue weighted by atomic mass is 15.1. The summed E-state index contributed by atoms with van der Waals surface area (Å²) >= 11 is 0. The third-order valence-electron chi connectivity index (χ3n) is 1.87. The molecule has 3 nitrogen and oxygen atoms in total. The molecule has 0 N–H and O–H groups in total. The number of rotatable bonds is 1. The van der Waals surface area contributed by atoms with Gasteiger partial charge in [-0.15, -0.1) is 0 Å². The quantitative estimate of drug-likeness (QED) is 0.303. The van der Waals surface area contributed by atoms with E-state index >= 15 is 0 Å². The average Bonchev–Trinajstić information content (AvgIpc) is 1.94. The molecule has 0 bridgehead atoms. The molecule has 0 heterocycles. The molecule has 0 aromatic heterocycles. The Bertz CT molecular complexity index is 199. The van der Waals surface area contributed by atoms with Crippen molar-refractivity contribution in [1.82, 2.24) is 0 Å². The van der Waals surface area contributed by atoms with Gasteiger partial charge in [0.25, 0.3) is 0 Å². The van der Waals surface area contributed by atoms with Crippen molar-refractivity contribution in [3.05, 3.63) is 21.7 Å². The van der Waals surface area contributed by atoms with Crippen molar-refractivity contribution in [1.29, 1.82) is 0 Å². The van der Waals surface area contributed by atoms with Crippen molar-refractivity contribution in [3.63, 3.8) is 0 Å². The van der Waals surface area contributed by atoms with Crippen LogP contribution >= 0.6 is 0 Å². The lowest BCUT2D eigenvalue weighted by Crippen LogP contribution is -1.93. The highest BCUT2D eigenvalue weighted by molar-refractivity contribution is 5.13. The Morgan fingerprint density at radius 2 is 2.10 bits per heavy atom. The Kier molecular flexibility index (Phi) is 2.35. The predicted octanol–water partition coefficient (Wildman–Crippen LogP) is 3.14. The van der Waals surface area contributed by atoms with E-state index in [1.807, 2.05) is 6.92 Å². The van der Waals surface area contributed by atoms with E-state index in [1.54, 1.807) is 0 Å². The highest BCUT2D eigenvalue weighted by Gasteiger charge is 2.06. The molecule has 1 rings (SSSR count). The molecule has 54 valence electrons. The van der Waals surface area contributed by atoms with E-state index in [2.05, 4.69) is 10.0 Å². The van der Waals surface area contributed by atoms with Gasteiger partial charge in [-0.2, -0.15) is 0 Å². The van der Waals surface area contributed by atoms with Crippen molar-refractivity contribution in [2.24, 2.45) is 5.11 Å². The Hall–Kier alpha value is -0.950. The first-order chi connectivity index (χ1) is 4.84. The summed E-state index contributed by atoms with van der Waals surface area (Å²) in [5.41, 5.74) is 10.4. The fourth-order valence-electron chi connectivity index (χ4n) is 1.23. The number of allylic oxidation sites excluding steroid dienone is 2. The monoisotopic (exact) mass is 137 g/mol. The second-order valence-corrected chi connectivity index (χ2v) is 2.62. The summed E-state index contributed by atoms with van der Waals surface area (Å²) < 4.78 is 0. The van der Waals surface area contributed by atoms with E-state index in [0.717, 1.165) is 18.5 Å².